The number of halogens is 3. The maximum Gasteiger partial charge on any atom is 0.139 e. The van der Waals surface area contributed by atoms with Crippen molar-refractivity contribution in [2.75, 3.05) is 19.3 Å². The standard InChI is InChI=1S/C12H17Cl.C7H6F2S.C6H9N.C6H12.C3H6.3C2H6/c1-3-5-10(4-2)11-6-8-12(13)9-7-11;1-10-7-3-2-5(8)4-6(7)9;1-2-7-5-3-4-6-7;1-5-6(2,3)4;1-3-2;3*1-2/h6-10H,3-5H2,1-2H3;2-4H,1H3;1H,3-6H2;5H,1H2,2-4H3;3H,1H2,2H3;3*1-2H3. The van der Waals surface area contributed by atoms with Crippen molar-refractivity contribution >= 4 is 23.4 Å². The van der Waals surface area contributed by atoms with Gasteiger partial charge in [0.1, 0.15) is 11.6 Å². The molecule has 2 aromatic rings. The van der Waals surface area contributed by atoms with Gasteiger partial charge in [-0.2, -0.15) is 0 Å². The molecule has 0 aliphatic carbocycles. The molecule has 45 heavy (non-hydrogen) atoms. The molecule has 1 nitrogen and oxygen atoms in total. The number of hydrogen-bond acceptors (Lipinski definition) is 2. The number of terminal acetylenes is 1. The third kappa shape index (κ3) is 34.5. The topological polar surface area (TPSA) is 3.24 Å². The van der Waals surface area contributed by atoms with Gasteiger partial charge < -0.3 is 4.90 Å². The molecule has 1 aliphatic heterocycles. The van der Waals surface area contributed by atoms with Gasteiger partial charge >= 0.3 is 0 Å². The Labute approximate surface area is 289 Å². The first-order valence-corrected chi connectivity index (χ1v) is 18.2. The van der Waals surface area contributed by atoms with Crippen LogP contribution in [0.1, 0.15) is 127 Å². The average molecular weight is 669 g/mol. The number of likely N-dealkylation sites (tertiary alicyclic amines) is 1. The molecule has 1 atom stereocenters. The highest BCUT2D eigenvalue weighted by molar-refractivity contribution is 7.98. The molecule has 0 spiro atoms. The van der Waals surface area contributed by atoms with Gasteiger partial charge in [0.05, 0.1) is 0 Å². The van der Waals surface area contributed by atoms with E-state index in [1.807, 2.05) is 71.6 Å². The minimum absolute atomic E-state index is 0.306. The number of nitrogens with zero attached hydrogens (tertiary/aromatic N) is 1. The fourth-order valence-electron chi connectivity index (χ4n) is 3.18. The van der Waals surface area contributed by atoms with E-state index >= 15 is 0 Å². The highest BCUT2D eigenvalue weighted by atomic mass is 35.5. The smallest absolute Gasteiger partial charge is 0.139 e. The fourth-order valence-corrected chi connectivity index (χ4v) is 3.76. The Bertz CT molecular complexity index is 940. The van der Waals surface area contributed by atoms with E-state index in [0.717, 1.165) is 24.2 Å². The van der Waals surface area contributed by atoms with Gasteiger partial charge in [-0.1, -0.05) is 125 Å². The number of benzene rings is 2. The molecule has 0 bridgehead atoms. The number of hydrogen-bond donors (Lipinski definition) is 0. The maximum absolute atomic E-state index is 12.6. The molecule has 1 saturated heterocycles. The van der Waals surface area contributed by atoms with Crippen molar-refractivity contribution in [3.8, 4) is 12.5 Å². The Balaban J connectivity index is -0.000000150. The summed E-state index contributed by atoms with van der Waals surface area (Å²) in [5, 5.41) is 0.829. The lowest BCUT2D eigenvalue weighted by molar-refractivity contribution is 0.497. The average Bonchev–Trinajstić information content (AvgIpc) is 3.59. The van der Waals surface area contributed by atoms with Gasteiger partial charge in [0.25, 0.3) is 0 Å². The second kappa shape index (κ2) is 38.0. The predicted octanol–water partition coefficient (Wildman–Crippen LogP) is 14.5. The van der Waals surface area contributed by atoms with Gasteiger partial charge in [-0.3, -0.25) is 0 Å². The van der Waals surface area contributed by atoms with E-state index in [4.69, 9.17) is 18.0 Å². The lowest BCUT2D eigenvalue weighted by Gasteiger charge is -2.13. The third-order valence-electron chi connectivity index (χ3n) is 5.49. The highest BCUT2D eigenvalue weighted by Crippen LogP contribution is 2.25. The lowest BCUT2D eigenvalue weighted by Crippen LogP contribution is -2.10. The molecular weight excluding hydrogens is 600 g/mol. The van der Waals surface area contributed by atoms with E-state index in [1.165, 1.54) is 61.6 Å². The fraction of sp³-hybridized carbons (Fsp3) is 0.550. The number of allylic oxidation sites excluding steroid dienone is 2. The molecule has 1 unspecified atom stereocenters. The predicted molar refractivity (Wildman–Crippen MR) is 207 cm³/mol. The van der Waals surface area contributed by atoms with Crippen LogP contribution < -0.4 is 0 Å². The summed E-state index contributed by atoms with van der Waals surface area (Å²) < 4.78 is 24.8. The van der Waals surface area contributed by atoms with E-state index in [2.05, 4.69) is 66.0 Å². The molecule has 0 aromatic heterocycles. The molecule has 0 amide bonds. The van der Waals surface area contributed by atoms with E-state index < -0.39 is 11.6 Å². The minimum atomic E-state index is -0.532. The highest BCUT2D eigenvalue weighted by Gasteiger charge is 2.07. The summed E-state index contributed by atoms with van der Waals surface area (Å²) in [6, 6.07) is 14.4. The Morgan fingerprint density at radius 2 is 1.40 bits per heavy atom. The van der Waals surface area contributed by atoms with Gasteiger partial charge in [0.15, 0.2) is 0 Å². The second-order valence-corrected chi connectivity index (χ2v) is 11.3. The first-order valence-electron chi connectivity index (χ1n) is 16.6. The normalized spacial score (nSPS) is 11.1. The number of rotatable bonds is 5. The van der Waals surface area contributed by atoms with Crippen LogP contribution in [-0.4, -0.2) is 24.2 Å². The van der Waals surface area contributed by atoms with Gasteiger partial charge in [-0.25, -0.2) is 8.78 Å². The van der Waals surface area contributed by atoms with Crippen molar-refractivity contribution in [3.63, 3.8) is 0 Å². The van der Waals surface area contributed by atoms with Crippen molar-refractivity contribution in [2.45, 2.75) is 126 Å². The quantitative estimate of drug-likeness (QED) is 0.177. The summed E-state index contributed by atoms with van der Waals surface area (Å²) in [5.74, 6) is -0.315. The van der Waals surface area contributed by atoms with Crippen LogP contribution in [0.2, 0.25) is 5.02 Å². The van der Waals surface area contributed by atoms with Crippen molar-refractivity contribution in [1.82, 2.24) is 4.90 Å². The minimum Gasteiger partial charge on any atom is -0.333 e. The SMILES string of the molecule is C#CN1CCCC1.C=CC.C=CC(C)(C)C.CC.CC.CC.CCCC(CC)c1ccc(Cl)cc1.CSc1ccc(F)cc1F. The first-order chi connectivity index (χ1) is 21.4. The molecule has 1 heterocycles. The molecule has 1 fully saturated rings. The summed E-state index contributed by atoms with van der Waals surface area (Å²) in [6.07, 6.45) is 16.9. The second-order valence-electron chi connectivity index (χ2n) is 10.0. The van der Waals surface area contributed by atoms with Gasteiger partial charge in [0, 0.05) is 35.1 Å². The molecule has 260 valence electrons. The molecule has 0 N–H and O–H groups in total. The summed E-state index contributed by atoms with van der Waals surface area (Å²) in [4.78, 5) is 2.49. The molecular formula is C40H68ClF2NS. The lowest BCUT2D eigenvalue weighted by atomic mass is 9.92. The van der Waals surface area contributed by atoms with Crippen LogP contribution in [0.4, 0.5) is 8.78 Å². The molecule has 1 aliphatic rings. The third-order valence-corrected chi connectivity index (χ3v) is 6.51. The largest absolute Gasteiger partial charge is 0.333 e. The van der Waals surface area contributed by atoms with E-state index in [1.54, 1.807) is 12.3 Å². The van der Waals surface area contributed by atoms with Crippen molar-refractivity contribution in [3.05, 3.63) is 90.0 Å². The number of thioether (sulfide) groups is 1. The zero-order chi connectivity index (χ0) is 36.3. The zero-order valence-corrected chi connectivity index (χ0v) is 32.8. The van der Waals surface area contributed by atoms with Crippen molar-refractivity contribution < 1.29 is 8.78 Å². The van der Waals surface area contributed by atoms with Crippen LogP contribution in [-0.2, 0) is 0 Å². The van der Waals surface area contributed by atoms with Crippen molar-refractivity contribution in [1.29, 1.82) is 0 Å². The Hall–Kier alpha value is -2.22. The zero-order valence-electron chi connectivity index (χ0n) is 31.2. The molecule has 2 aromatic carbocycles. The van der Waals surface area contributed by atoms with Crippen LogP contribution >= 0.6 is 23.4 Å². The first kappa shape index (κ1) is 52.3. The summed E-state index contributed by atoms with van der Waals surface area (Å²) in [7, 11) is 0. The van der Waals surface area contributed by atoms with Gasteiger partial charge in [-0.05, 0) is 80.0 Å². The Morgan fingerprint density at radius 3 is 1.69 bits per heavy atom. The Morgan fingerprint density at radius 1 is 0.956 bits per heavy atom. The van der Waals surface area contributed by atoms with Crippen LogP contribution in [0.3, 0.4) is 0 Å². The Kier molecular flexibility index (Phi) is 44.1. The summed E-state index contributed by atoms with van der Waals surface area (Å²) in [5.41, 5.74) is 1.73. The van der Waals surface area contributed by atoms with Gasteiger partial charge in [-0.15, -0.1) is 24.9 Å². The molecule has 3 rings (SSSR count). The maximum atomic E-state index is 12.6. The van der Waals surface area contributed by atoms with Crippen LogP contribution in [0.25, 0.3) is 0 Å². The molecule has 0 saturated carbocycles. The van der Waals surface area contributed by atoms with E-state index in [-0.39, 0.29) is 0 Å². The van der Waals surface area contributed by atoms with Gasteiger partial charge in [0.2, 0.25) is 0 Å². The summed E-state index contributed by atoms with van der Waals surface area (Å²) in [6.45, 7) is 34.0. The monoisotopic (exact) mass is 667 g/mol. The van der Waals surface area contributed by atoms with Crippen LogP contribution in [0, 0.1) is 29.5 Å². The summed E-state index contributed by atoms with van der Waals surface area (Å²) >= 11 is 7.10. The van der Waals surface area contributed by atoms with E-state index in [0.29, 0.717) is 16.2 Å². The van der Waals surface area contributed by atoms with E-state index in [9.17, 15) is 8.78 Å². The van der Waals surface area contributed by atoms with Crippen molar-refractivity contribution in [2.24, 2.45) is 5.41 Å². The molecule has 0 radical (unpaired) electrons. The van der Waals surface area contributed by atoms with Crippen LogP contribution in [0.5, 0.6) is 0 Å². The van der Waals surface area contributed by atoms with Crippen LogP contribution in [0.15, 0.2) is 72.7 Å². The molecule has 5 heteroatoms.